The molecule has 0 heterocycles. The Morgan fingerprint density at radius 2 is 1.92 bits per heavy atom. The highest BCUT2D eigenvalue weighted by Crippen LogP contribution is 2.56. The fourth-order valence-corrected chi connectivity index (χ4v) is 2.85. The summed E-state index contributed by atoms with van der Waals surface area (Å²) >= 11 is 0. The molecule has 0 aromatic heterocycles. The molecule has 2 aliphatic carbocycles. The van der Waals surface area contributed by atoms with Crippen molar-refractivity contribution in [3.05, 3.63) is 0 Å². The number of hydrogen-bond donors (Lipinski definition) is 0. The molecule has 2 heteroatoms. The molecule has 0 amide bonds. The predicted molar refractivity (Wildman–Crippen MR) is 45.6 cm³/mol. The van der Waals surface area contributed by atoms with Crippen molar-refractivity contribution in [2.24, 2.45) is 11.3 Å². The number of carbonyl (C=O) groups is 1. The van der Waals surface area contributed by atoms with Crippen molar-refractivity contribution in [1.29, 1.82) is 0 Å². The minimum Gasteiger partial charge on any atom is -0.469 e. The molecular formula is C10H16O2. The Morgan fingerprint density at radius 1 is 1.33 bits per heavy atom. The van der Waals surface area contributed by atoms with E-state index >= 15 is 0 Å². The van der Waals surface area contributed by atoms with Crippen LogP contribution in [-0.4, -0.2) is 13.1 Å². The second-order valence-corrected chi connectivity index (χ2v) is 4.34. The molecule has 0 saturated heterocycles. The summed E-state index contributed by atoms with van der Waals surface area (Å²) in [5, 5.41) is 0. The first-order valence-electron chi connectivity index (χ1n) is 4.84. The van der Waals surface area contributed by atoms with Crippen molar-refractivity contribution in [1.82, 2.24) is 0 Å². The third-order valence-corrected chi connectivity index (χ3v) is 3.56. The van der Waals surface area contributed by atoms with Gasteiger partial charge in [-0.15, -0.1) is 0 Å². The minimum absolute atomic E-state index is 0.00697. The fourth-order valence-electron chi connectivity index (χ4n) is 2.85. The smallest absolute Gasteiger partial charge is 0.308 e. The molecule has 0 radical (unpaired) electrons. The molecule has 0 unspecified atom stereocenters. The third kappa shape index (κ3) is 1.13. The first kappa shape index (κ1) is 8.09. The Hall–Kier alpha value is -0.530. The van der Waals surface area contributed by atoms with Gasteiger partial charge in [0.25, 0.3) is 0 Å². The van der Waals surface area contributed by atoms with Gasteiger partial charge in [-0.1, -0.05) is 12.8 Å². The summed E-state index contributed by atoms with van der Waals surface area (Å²) in [7, 11) is 1.49. The maximum absolute atomic E-state index is 11.1. The van der Waals surface area contributed by atoms with Gasteiger partial charge in [-0.25, -0.2) is 0 Å². The lowest BCUT2D eigenvalue weighted by Gasteiger charge is -2.43. The lowest BCUT2D eigenvalue weighted by Crippen LogP contribution is -2.39. The molecule has 0 aromatic rings. The Morgan fingerprint density at radius 3 is 2.42 bits per heavy atom. The summed E-state index contributed by atoms with van der Waals surface area (Å²) < 4.78 is 4.72. The number of carbonyl (C=O) groups excluding carboxylic acids is 1. The Kier molecular flexibility index (Phi) is 1.85. The fraction of sp³-hybridized carbons (Fsp3) is 0.900. The Bertz CT molecular complexity index is 184. The predicted octanol–water partition coefficient (Wildman–Crippen LogP) is 2.13. The zero-order valence-corrected chi connectivity index (χ0v) is 7.64. The van der Waals surface area contributed by atoms with Gasteiger partial charge in [-0.2, -0.15) is 0 Å². The van der Waals surface area contributed by atoms with Crippen LogP contribution in [0.15, 0.2) is 0 Å². The van der Waals surface area contributed by atoms with Crippen LogP contribution in [-0.2, 0) is 9.53 Å². The van der Waals surface area contributed by atoms with Gasteiger partial charge in [-0.05, 0) is 31.1 Å². The number of ether oxygens (including phenoxy) is 1. The summed E-state index contributed by atoms with van der Waals surface area (Å²) in [5.74, 6) is 0.237. The molecule has 0 aromatic carbocycles. The number of hydrogen-bond acceptors (Lipinski definition) is 2. The summed E-state index contributed by atoms with van der Waals surface area (Å²) in [4.78, 5) is 11.1. The van der Waals surface area contributed by atoms with Gasteiger partial charge in [0.1, 0.15) is 0 Å². The molecule has 12 heavy (non-hydrogen) atoms. The van der Waals surface area contributed by atoms with Crippen LogP contribution in [0.4, 0.5) is 0 Å². The second kappa shape index (κ2) is 2.75. The summed E-state index contributed by atoms with van der Waals surface area (Å²) in [6.45, 7) is 0. The molecule has 0 N–H and O–H groups in total. The number of esters is 1. The van der Waals surface area contributed by atoms with E-state index in [2.05, 4.69) is 0 Å². The maximum atomic E-state index is 11.1. The molecule has 2 aliphatic rings. The molecule has 2 rings (SSSR count). The lowest BCUT2D eigenvalue weighted by molar-refractivity contribution is -0.153. The largest absolute Gasteiger partial charge is 0.469 e. The van der Waals surface area contributed by atoms with Gasteiger partial charge in [0.2, 0.25) is 0 Å². The molecule has 2 saturated carbocycles. The standard InChI is InChI=1S/C10H16O2/c1-12-9(11)8-6-10(7-8)4-2-3-5-10/h8H,2-7H2,1H3. The molecule has 0 bridgehead atoms. The van der Waals surface area contributed by atoms with E-state index in [1.165, 1.54) is 32.8 Å². The van der Waals surface area contributed by atoms with Crippen molar-refractivity contribution in [3.63, 3.8) is 0 Å². The van der Waals surface area contributed by atoms with Crippen LogP contribution in [0.3, 0.4) is 0 Å². The van der Waals surface area contributed by atoms with E-state index in [0.29, 0.717) is 5.41 Å². The highest BCUT2D eigenvalue weighted by molar-refractivity contribution is 5.73. The van der Waals surface area contributed by atoms with Gasteiger partial charge in [-0.3, -0.25) is 4.79 Å². The van der Waals surface area contributed by atoms with E-state index in [0.717, 1.165) is 12.8 Å². The van der Waals surface area contributed by atoms with Crippen LogP contribution in [0, 0.1) is 11.3 Å². The molecule has 2 fully saturated rings. The Labute approximate surface area is 73.3 Å². The van der Waals surface area contributed by atoms with Crippen LogP contribution in [0.1, 0.15) is 38.5 Å². The molecule has 0 aliphatic heterocycles. The van der Waals surface area contributed by atoms with Crippen molar-refractivity contribution < 1.29 is 9.53 Å². The van der Waals surface area contributed by atoms with E-state index < -0.39 is 0 Å². The van der Waals surface area contributed by atoms with E-state index in [9.17, 15) is 4.79 Å². The SMILES string of the molecule is COC(=O)C1CC2(CCCC2)C1. The summed E-state index contributed by atoms with van der Waals surface area (Å²) in [5.41, 5.74) is 0.568. The monoisotopic (exact) mass is 168 g/mol. The van der Waals surface area contributed by atoms with Crippen molar-refractivity contribution in [2.45, 2.75) is 38.5 Å². The summed E-state index contributed by atoms with van der Waals surface area (Å²) in [6.07, 6.45) is 7.63. The average molecular weight is 168 g/mol. The maximum Gasteiger partial charge on any atom is 0.308 e. The second-order valence-electron chi connectivity index (χ2n) is 4.34. The zero-order valence-electron chi connectivity index (χ0n) is 7.64. The van der Waals surface area contributed by atoms with E-state index in [1.54, 1.807) is 0 Å². The number of methoxy groups -OCH3 is 1. The summed E-state index contributed by atoms with van der Waals surface area (Å²) in [6, 6.07) is 0. The van der Waals surface area contributed by atoms with Gasteiger partial charge in [0.15, 0.2) is 0 Å². The van der Waals surface area contributed by atoms with Crippen LogP contribution < -0.4 is 0 Å². The third-order valence-electron chi connectivity index (χ3n) is 3.56. The van der Waals surface area contributed by atoms with Crippen LogP contribution >= 0.6 is 0 Å². The lowest BCUT2D eigenvalue weighted by atomic mass is 9.61. The Balaban J connectivity index is 1.86. The van der Waals surface area contributed by atoms with Crippen LogP contribution in [0.2, 0.25) is 0 Å². The van der Waals surface area contributed by atoms with Gasteiger partial charge < -0.3 is 4.74 Å². The van der Waals surface area contributed by atoms with Gasteiger partial charge in [0, 0.05) is 0 Å². The number of rotatable bonds is 1. The van der Waals surface area contributed by atoms with E-state index in [-0.39, 0.29) is 11.9 Å². The minimum atomic E-state index is 0.00697. The molecule has 2 nitrogen and oxygen atoms in total. The highest BCUT2D eigenvalue weighted by Gasteiger charge is 2.48. The van der Waals surface area contributed by atoms with Gasteiger partial charge in [0.05, 0.1) is 13.0 Å². The first-order chi connectivity index (χ1) is 5.76. The van der Waals surface area contributed by atoms with Crippen molar-refractivity contribution in [2.75, 3.05) is 7.11 Å². The quantitative estimate of drug-likeness (QED) is 0.561. The van der Waals surface area contributed by atoms with Crippen LogP contribution in [0.25, 0.3) is 0 Å². The first-order valence-corrected chi connectivity index (χ1v) is 4.84. The van der Waals surface area contributed by atoms with Crippen molar-refractivity contribution >= 4 is 5.97 Å². The zero-order chi connectivity index (χ0) is 8.60. The highest BCUT2D eigenvalue weighted by atomic mass is 16.5. The van der Waals surface area contributed by atoms with E-state index in [4.69, 9.17) is 4.74 Å². The topological polar surface area (TPSA) is 26.3 Å². The van der Waals surface area contributed by atoms with E-state index in [1.807, 2.05) is 0 Å². The average Bonchev–Trinajstić information content (AvgIpc) is 2.48. The van der Waals surface area contributed by atoms with Gasteiger partial charge >= 0.3 is 5.97 Å². The molecular weight excluding hydrogens is 152 g/mol. The molecule has 0 atom stereocenters. The normalized spacial score (nSPS) is 27.1. The van der Waals surface area contributed by atoms with Crippen molar-refractivity contribution in [3.8, 4) is 0 Å². The molecule has 68 valence electrons. The molecule has 1 spiro atoms. The van der Waals surface area contributed by atoms with Crippen LogP contribution in [0.5, 0.6) is 0 Å².